The van der Waals surface area contributed by atoms with Crippen LogP contribution in [0, 0.1) is 28.1 Å². The number of nitriles is 1. The Balaban J connectivity index is 1.60. The molecule has 0 aromatic carbocycles. The minimum absolute atomic E-state index is 0.100. The van der Waals surface area contributed by atoms with Gasteiger partial charge in [-0.3, -0.25) is 4.79 Å². The second-order valence-corrected chi connectivity index (χ2v) is 7.92. The van der Waals surface area contributed by atoms with Gasteiger partial charge in [-0.15, -0.1) is 0 Å². The molecule has 3 rings (SSSR count). The first-order valence-electron chi connectivity index (χ1n) is 8.32. The fourth-order valence-corrected chi connectivity index (χ4v) is 5.02. The van der Waals surface area contributed by atoms with Crippen LogP contribution < -0.4 is 5.32 Å². The summed E-state index contributed by atoms with van der Waals surface area (Å²) in [6.45, 7) is 8.30. The van der Waals surface area contributed by atoms with Crippen LogP contribution in [0.5, 0.6) is 0 Å². The van der Waals surface area contributed by atoms with Gasteiger partial charge in [0.1, 0.15) is 6.04 Å². The second-order valence-electron chi connectivity index (χ2n) is 7.92. The molecular formula is C17H27N3O. The smallest absolute Gasteiger partial charge is 0.237 e. The van der Waals surface area contributed by atoms with Gasteiger partial charge in [-0.25, -0.2) is 0 Å². The molecule has 0 aromatic rings. The van der Waals surface area contributed by atoms with Gasteiger partial charge in [0.15, 0.2) is 0 Å². The maximum absolute atomic E-state index is 12.4. The summed E-state index contributed by atoms with van der Waals surface area (Å²) in [5.74, 6) is 0.886. The molecular weight excluding hydrogens is 262 g/mol. The number of hydrogen-bond acceptors (Lipinski definition) is 3. The lowest BCUT2D eigenvalue weighted by atomic mass is 9.69. The number of hydrogen-bond donors (Lipinski definition) is 1. The molecule has 21 heavy (non-hydrogen) atoms. The van der Waals surface area contributed by atoms with Gasteiger partial charge >= 0.3 is 0 Å². The topological polar surface area (TPSA) is 56.1 Å². The van der Waals surface area contributed by atoms with Crippen molar-refractivity contribution in [3.05, 3.63) is 0 Å². The normalized spacial score (nSPS) is 40.5. The molecule has 3 fully saturated rings. The molecule has 3 aliphatic rings. The average molecular weight is 289 g/mol. The van der Waals surface area contributed by atoms with Crippen LogP contribution in [-0.2, 0) is 4.79 Å². The zero-order valence-electron chi connectivity index (χ0n) is 13.5. The first-order valence-corrected chi connectivity index (χ1v) is 8.32. The lowest BCUT2D eigenvalue weighted by Gasteiger charge is -2.39. The van der Waals surface area contributed by atoms with Crippen molar-refractivity contribution in [2.45, 2.75) is 65.0 Å². The number of rotatable bonds is 3. The zero-order chi connectivity index (χ0) is 15.3. The molecule has 0 spiro atoms. The highest BCUT2D eigenvalue weighted by atomic mass is 16.2. The van der Waals surface area contributed by atoms with Crippen LogP contribution in [0.4, 0.5) is 0 Å². The maximum Gasteiger partial charge on any atom is 0.237 e. The number of fused-ring (bicyclic) bond motifs is 2. The van der Waals surface area contributed by atoms with E-state index in [0.29, 0.717) is 23.4 Å². The van der Waals surface area contributed by atoms with Crippen molar-refractivity contribution >= 4 is 5.91 Å². The first kappa shape index (κ1) is 14.8. The van der Waals surface area contributed by atoms with E-state index in [-0.39, 0.29) is 11.9 Å². The maximum atomic E-state index is 12.4. The monoisotopic (exact) mass is 289 g/mol. The second kappa shape index (κ2) is 4.98. The van der Waals surface area contributed by atoms with Crippen LogP contribution in [0.3, 0.4) is 0 Å². The van der Waals surface area contributed by atoms with Crippen LogP contribution >= 0.6 is 0 Å². The summed E-state index contributed by atoms with van der Waals surface area (Å²) in [7, 11) is 0. The van der Waals surface area contributed by atoms with Crippen molar-refractivity contribution in [2.24, 2.45) is 16.7 Å². The number of nitrogens with zero attached hydrogens (tertiary/aromatic N) is 2. The standard InChI is InChI=1S/C17H27N3O/c1-16(2)12-6-7-17(16,3)14(9-12)19-11-15(21)20-8-4-5-13(20)10-18/h12-14,19H,4-9,11H2,1-3H3/t12-,13-,14-,17+/m0/s1. The molecule has 4 atom stereocenters. The van der Waals surface area contributed by atoms with E-state index in [1.54, 1.807) is 4.90 Å². The van der Waals surface area contributed by atoms with Crippen LogP contribution in [0.2, 0.25) is 0 Å². The van der Waals surface area contributed by atoms with Gasteiger partial charge in [0.25, 0.3) is 0 Å². The van der Waals surface area contributed by atoms with Gasteiger partial charge in [-0.05, 0) is 48.9 Å². The Labute approximate surface area is 127 Å². The Kier molecular flexibility index (Phi) is 3.52. The van der Waals surface area contributed by atoms with E-state index in [1.165, 1.54) is 19.3 Å². The van der Waals surface area contributed by atoms with E-state index >= 15 is 0 Å². The van der Waals surface area contributed by atoms with Crippen molar-refractivity contribution in [3.63, 3.8) is 0 Å². The Hall–Kier alpha value is -1.08. The number of amides is 1. The summed E-state index contributed by atoms with van der Waals surface area (Å²) < 4.78 is 0. The number of nitrogens with one attached hydrogen (secondary N) is 1. The van der Waals surface area contributed by atoms with Gasteiger partial charge < -0.3 is 10.2 Å². The van der Waals surface area contributed by atoms with E-state index in [0.717, 1.165) is 25.3 Å². The van der Waals surface area contributed by atoms with E-state index in [4.69, 9.17) is 5.26 Å². The molecule has 4 nitrogen and oxygen atoms in total. The van der Waals surface area contributed by atoms with Crippen molar-refractivity contribution in [1.82, 2.24) is 10.2 Å². The van der Waals surface area contributed by atoms with Crippen molar-refractivity contribution < 1.29 is 4.79 Å². The largest absolute Gasteiger partial charge is 0.326 e. The Morgan fingerprint density at radius 2 is 2.14 bits per heavy atom. The molecule has 2 saturated carbocycles. The zero-order valence-corrected chi connectivity index (χ0v) is 13.5. The molecule has 0 unspecified atom stereocenters. The van der Waals surface area contributed by atoms with E-state index in [9.17, 15) is 4.79 Å². The summed E-state index contributed by atoms with van der Waals surface area (Å²) in [5.41, 5.74) is 0.675. The predicted molar refractivity (Wildman–Crippen MR) is 81.4 cm³/mol. The lowest BCUT2D eigenvalue weighted by molar-refractivity contribution is -0.130. The summed E-state index contributed by atoms with van der Waals surface area (Å²) in [5, 5.41) is 12.6. The first-order chi connectivity index (χ1) is 9.90. The molecule has 0 radical (unpaired) electrons. The summed E-state index contributed by atoms with van der Waals surface area (Å²) >= 11 is 0. The number of carbonyl (C=O) groups is 1. The van der Waals surface area contributed by atoms with Crippen LogP contribution in [0.15, 0.2) is 0 Å². The van der Waals surface area contributed by atoms with Crippen LogP contribution in [0.25, 0.3) is 0 Å². The molecule has 1 amide bonds. The molecule has 1 aliphatic heterocycles. The highest BCUT2D eigenvalue weighted by Gasteiger charge is 2.61. The molecule has 2 bridgehead atoms. The third kappa shape index (κ3) is 2.09. The van der Waals surface area contributed by atoms with Gasteiger partial charge in [0.05, 0.1) is 12.6 Å². The summed E-state index contributed by atoms with van der Waals surface area (Å²) in [6.07, 6.45) is 5.58. The molecule has 1 heterocycles. The van der Waals surface area contributed by atoms with Gasteiger partial charge in [0, 0.05) is 12.6 Å². The Morgan fingerprint density at radius 1 is 1.38 bits per heavy atom. The molecule has 2 aliphatic carbocycles. The third-order valence-electron chi connectivity index (χ3n) is 7.02. The minimum atomic E-state index is -0.202. The van der Waals surface area contributed by atoms with Crippen molar-refractivity contribution in [1.29, 1.82) is 5.26 Å². The highest BCUT2D eigenvalue weighted by Crippen LogP contribution is 2.65. The van der Waals surface area contributed by atoms with Crippen LogP contribution in [-0.4, -0.2) is 36.0 Å². The summed E-state index contributed by atoms with van der Waals surface area (Å²) in [6, 6.07) is 2.49. The van der Waals surface area contributed by atoms with Crippen molar-refractivity contribution in [2.75, 3.05) is 13.1 Å². The molecule has 1 N–H and O–H groups in total. The average Bonchev–Trinajstić information content (AvgIpc) is 3.06. The highest BCUT2D eigenvalue weighted by molar-refractivity contribution is 5.79. The number of carbonyl (C=O) groups excluding carboxylic acids is 1. The Morgan fingerprint density at radius 3 is 2.71 bits per heavy atom. The quantitative estimate of drug-likeness (QED) is 0.867. The van der Waals surface area contributed by atoms with E-state index in [1.807, 2.05) is 0 Å². The van der Waals surface area contributed by atoms with Crippen molar-refractivity contribution in [3.8, 4) is 6.07 Å². The van der Waals surface area contributed by atoms with Gasteiger partial charge in [-0.1, -0.05) is 20.8 Å². The van der Waals surface area contributed by atoms with Crippen LogP contribution in [0.1, 0.15) is 52.9 Å². The third-order valence-corrected chi connectivity index (χ3v) is 7.02. The minimum Gasteiger partial charge on any atom is -0.326 e. The fourth-order valence-electron chi connectivity index (χ4n) is 5.02. The Bertz CT molecular complexity index is 481. The summed E-state index contributed by atoms with van der Waals surface area (Å²) in [4.78, 5) is 14.1. The predicted octanol–water partition coefficient (Wildman–Crippen LogP) is 2.31. The van der Waals surface area contributed by atoms with Gasteiger partial charge in [0.2, 0.25) is 5.91 Å². The van der Waals surface area contributed by atoms with E-state index < -0.39 is 0 Å². The molecule has 0 aromatic heterocycles. The number of likely N-dealkylation sites (tertiary alicyclic amines) is 1. The van der Waals surface area contributed by atoms with E-state index in [2.05, 4.69) is 32.2 Å². The SMILES string of the molecule is CC1(C)[C@H]2CC[C@]1(C)[C@@H](NCC(=O)N1CCC[C@H]1C#N)C2. The molecule has 1 saturated heterocycles. The molecule has 116 valence electrons. The fraction of sp³-hybridized carbons (Fsp3) is 0.882. The van der Waals surface area contributed by atoms with Gasteiger partial charge in [-0.2, -0.15) is 5.26 Å². The lowest BCUT2D eigenvalue weighted by Crippen LogP contribution is -2.49. The molecule has 4 heteroatoms.